The molecule has 2 N–H and O–H groups in total. The minimum Gasteiger partial charge on any atom is -0.379 e. The molecule has 13 heavy (non-hydrogen) atoms. The second kappa shape index (κ2) is 4.69. The molecule has 0 bridgehead atoms. The highest BCUT2D eigenvalue weighted by molar-refractivity contribution is 5.63. The number of rotatable bonds is 4. The molecule has 1 rings (SSSR count). The molecule has 1 aliphatic heterocycles. The van der Waals surface area contributed by atoms with E-state index in [1.807, 2.05) is 11.8 Å². The smallest absolute Gasteiger partial charge is 0.154 e. The number of aldehydes is 1. The lowest BCUT2D eigenvalue weighted by atomic mass is 10.0. The van der Waals surface area contributed by atoms with E-state index in [2.05, 4.69) is 0 Å². The summed E-state index contributed by atoms with van der Waals surface area (Å²) < 4.78 is 5.20. The van der Waals surface area contributed by atoms with Gasteiger partial charge in [0.25, 0.3) is 0 Å². The van der Waals surface area contributed by atoms with Crippen LogP contribution in [0.2, 0.25) is 0 Å². The molecule has 0 radical (unpaired) electrons. The van der Waals surface area contributed by atoms with E-state index in [-0.39, 0.29) is 0 Å². The van der Waals surface area contributed by atoms with Gasteiger partial charge in [0.05, 0.1) is 13.2 Å². The van der Waals surface area contributed by atoms with Crippen LogP contribution in [0.5, 0.6) is 0 Å². The van der Waals surface area contributed by atoms with Crippen LogP contribution in [-0.2, 0) is 9.53 Å². The van der Waals surface area contributed by atoms with Crippen molar-refractivity contribution in [3.05, 3.63) is 0 Å². The minimum absolute atomic E-state index is 0.677. The average molecular weight is 186 g/mol. The van der Waals surface area contributed by atoms with Gasteiger partial charge in [-0.3, -0.25) is 9.69 Å². The van der Waals surface area contributed by atoms with Crippen LogP contribution >= 0.6 is 0 Å². The van der Waals surface area contributed by atoms with E-state index in [1.54, 1.807) is 0 Å². The second-order valence-electron chi connectivity index (χ2n) is 3.46. The van der Waals surface area contributed by atoms with Crippen molar-refractivity contribution in [3.63, 3.8) is 0 Å². The van der Waals surface area contributed by atoms with E-state index >= 15 is 0 Å². The van der Waals surface area contributed by atoms with E-state index in [0.29, 0.717) is 13.2 Å². The van der Waals surface area contributed by atoms with Gasteiger partial charge in [-0.1, -0.05) is 13.3 Å². The maximum absolute atomic E-state index is 10.9. The molecule has 76 valence electrons. The maximum atomic E-state index is 10.9. The first-order chi connectivity index (χ1) is 6.23. The van der Waals surface area contributed by atoms with Crippen molar-refractivity contribution < 1.29 is 9.53 Å². The van der Waals surface area contributed by atoms with Gasteiger partial charge in [-0.15, -0.1) is 0 Å². The summed E-state index contributed by atoms with van der Waals surface area (Å²) in [5.41, 5.74) is 5.22. The third kappa shape index (κ3) is 2.49. The monoisotopic (exact) mass is 186 g/mol. The highest BCUT2D eigenvalue weighted by atomic mass is 16.5. The van der Waals surface area contributed by atoms with Crippen molar-refractivity contribution in [1.82, 2.24) is 4.90 Å². The van der Waals surface area contributed by atoms with Crippen LogP contribution < -0.4 is 5.73 Å². The Hall–Kier alpha value is -0.450. The van der Waals surface area contributed by atoms with Gasteiger partial charge < -0.3 is 10.5 Å². The Labute approximate surface area is 79.0 Å². The third-order valence-corrected chi connectivity index (χ3v) is 2.45. The SMILES string of the molecule is CCCC(N)(C=O)N1CCOCC1. The van der Waals surface area contributed by atoms with Gasteiger partial charge in [0, 0.05) is 13.1 Å². The first-order valence-electron chi connectivity index (χ1n) is 4.81. The van der Waals surface area contributed by atoms with E-state index in [1.165, 1.54) is 0 Å². The number of morpholine rings is 1. The largest absolute Gasteiger partial charge is 0.379 e. The van der Waals surface area contributed by atoms with Crippen LogP contribution in [0.15, 0.2) is 0 Å². The van der Waals surface area contributed by atoms with Crippen LogP contribution in [0.4, 0.5) is 0 Å². The lowest BCUT2D eigenvalue weighted by Crippen LogP contribution is -2.60. The predicted octanol–water partition coefficient (Wildman–Crippen LogP) is -0.0274. The Morgan fingerprint density at radius 3 is 2.62 bits per heavy atom. The molecular formula is C9H18N2O2. The average Bonchev–Trinajstić information content (AvgIpc) is 2.19. The van der Waals surface area contributed by atoms with Gasteiger partial charge >= 0.3 is 0 Å². The van der Waals surface area contributed by atoms with Crippen molar-refractivity contribution in [2.24, 2.45) is 5.73 Å². The quantitative estimate of drug-likeness (QED) is 0.627. The number of hydrogen-bond acceptors (Lipinski definition) is 4. The molecule has 1 aliphatic rings. The van der Waals surface area contributed by atoms with Gasteiger partial charge in [-0.05, 0) is 6.42 Å². The van der Waals surface area contributed by atoms with Gasteiger partial charge in [-0.2, -0.15) is 0 Å². The number of carbonyl (C=O) groups is 1. The summed E-state index contributed by atoms with van der Waals surface area (Å²) >= 11 is 0. The molecule has 0 aromatic carbocycles. The molecule has 0 amide bonds. The highest BCUT2D eigenvalue weighted by Crippen LogP contribution is 2.14. The fraction of sp³-hybridized carbons (Fsp3) is 0.889. The summed E-state index contributed by atoms with van der Waals surface area (Å²) in [6.07, 6.45) is 2.50. The van der Waals surface area contributed by atoms with E-state index in [4.69, 9.17) is 10.5 Å². The van der Waals surface area contributed by atoms with Crippen LogP contribution in [-0.4, -0.2) is 43.2 Å². The van der Waals surface area contributed by atoms with Crippen molar-refractivity contribution in [2.45, 2.75) is 25.4 Å². The van der Waals surface area contributed by atoms with E-state index in [0.717, 1.165) is 32.2 Å². The molecule has 0 aromatic rings. The summed E-state index contributed by atoms with van der Waals surface area (Å²) in [4.78, 5) is 12.9. The molecule has 1 fully saturated rings. The first kappa shape index (κ1) is 10.6. The zero-order chi connectivity index (χ0) is 9.73. The predicted molar refractivity (Wildman–Crippen MR) is 50.3 cm³/mol. The van der Waals surface area contributed by atoms with Gasteiger partial charge in [0.15, 0.2) is 6.29 Å². The van der Waals surface area contributed by atoms with Gasteiger partial charge in [0.1, 0.15) is 5.66 Å². The molecule has 0 saturated carbocycles. The summed E-state index contributed by atoms with van der Waals surface area (Å²) in [7, 11) is 0. The van der Waals surface area contributed by atoms with Crippen molar-refractivity contribution in [1.29, 1.82) is 0 Å². The molecule has 1 heterocycles. The molecule has 1 saturated heterocycles. The summed E-state index contributed by atoms with van der Waals surface area (Å²) in [5, 5.41) is 0. The molecule has 1 atom stereocenters. The van der Waals surface area contributed by atoms with Crippen molar-refractivity contribution in [2.75, 3.05) is 26.3 Å². The number of nitrogens with two attached hydrogens (primary N) is 1. The fourth-order valence-corrected chi connectivity index (χ4v) is 1.67. The standard InChI is InChI=1S/C9H18N2O2/c1-2-3-9(10,8-12)11-4-6-13-7-5-11/h8H,2-7,10H2,1H3. The molecule has 4 heteroatoms. The zero-order valence-electron chi connectivity index (χ0n) is 8.16. The topological polar surface area (TPSA) is 55.6 Å². The molecular weight excluding hydrogens is 168 g/mol. The molecule has 4 nitrogen and oxygen atoms in total. The Bertz CT molecular complexity index is 169. The van der Waals surface area contributed by atoms with E-state index < -0.39 is 5.66 Å². The number of ether oxygens (including phenoxy) is 1. The normalized spacial score (nSPS) is 23.8. The molecule has 0 aliphatic carbocycles. The number of carbonyl (C=O) groups excluding carboxylic acids is 1. The zero-order valence-corrected chi connectivity index (χ0v) is 8.16. The van der Waals surface area contributed by atoms with Crippen molar-refractivity contribution >= 4 is 6.29 Å². The van der Waals surface area contributed by atoms with E-state index in [9.17, 15) is 4.79 Å². The number of hydrogen-bond donors (Lipinski definition) is 1. The number of nitrogens with zero attached hydrogens (tertiary/aromatic N) is 1. The molecule has 1 unspecified atom stereocenters. The molecule has 0 aromatic heterocycles. The Morgan fingerprint density at radius 2 is 2.15 bits per heavy atom. The van der Waals surface area contributed by atoms with Crippen LogP contribution in [0.1, 0.15) is 19.8 Å². The highest BCUT2D eigenvalue weighted by Gasteiger charge is 2.32. The van der Waals surface area contributed by atoms with Gasteiger partial charge in [-0.25, -0.2) is 0 Å². The van der Waals surface area contributed by atoms with Crippen LogP contribution in [0.3, 0.4) is 0 Å². The van der Waals surface area contributed by atoms with Crippen LogP contribution in [0, 0.1) is 0 Å². The third-order valence-electron chi connectivity index (χ3n) is 2.45. The Balaban J connectivity index is 2.56. The summed E-state index contributed by atoms with van der Waals surface area (Å²) in [6, 6.07) is 0. The van der Waals surface area contributed by atoms with Gasteiger partial charge in [0.2, 0.25) is 0 Å². The van der Waals surface area contributed by atoms with Crippen molar-refractivity contribution in [3.8, 4) is 0 Å². The minimum atomic E-state index is -0.765. The lowest BCUT2D eigenvalue weighted by molar-refractivity contribution is -0.122. The fourth-order valence-electron chi connectivity index (χ4n) is 1.67. The first-order valence-corrected chi connectivity index (χ1v) is 4.81. The maximum Gasteiger partial charge on any atom is 0.154 e. The summed E-state index contributed by atoms with van der Waals surface area (Å²) in [6.45, 7) is 4.91. The lowest BCUT2D eigenvalue weighted by Gasteiger charge is -2.38. The Morgan fingerprint density at radius 1 is 1.54 bits per heavy atom. The summed E-state index contributed by atoms with van der Waals surface area (Å²) in [5.74, 6) is 0. The van der Waals surface area contributed by atoms with Crippen LogP contribution in [0.25, 0.3) is 0 Å². The second-order valence-corrected chi connectivity index (χ2v) is 3.46. The molecule has 0 spiro atoms. The Kier molecular flexibility index (Phi) is 3.84.